The van der Waals surface area contributed by atoms with Gasteiger partial charge in [0, 0.05) is 34.1 Å². The molecule has 14 heteroatoms. The van der Waals surface area contributed by atoms with Crippen LogP contribution in [-0.2, 0) is 19.3 Å². The number of carbonyl (C=O) groups is 3. The van der Waals surface area contributed by atoms with Gasteiger partial charge >= 0.3 is 5.97 Å². The van der Waals surface area contributed by atoms with Crippen molar-refractivity contribution in [3.05, 3.63) is 191 Å². The summed E-state index contributed by atoms with van der Waals surface area (Å²) < 4.78 is 0.448. The molecule has 0 unspecified atom stereocenters. The van der Waals surface area contributed by atoms with Crippen molar-refractivity contribution < 1.29 is 29.6 Å². The summed E-state index contributed by atoms with van der Waals surface area (Å²) in [4.78, 5) is 47.8. The summed E-state index contributed by atoms with van der Waals surface area (Å²) in [5.74, 6) is -2.21. The molecule has 0 radical (unpaired) electrons. The molecule has 0 aliphatic carbocycles. The van der Waals surface area contributed by atoms with Crippen LogP contribution in [0.2, 0.25) is 0 Å². The summed E-state index contributed by atoms with van der Waals surface area (Å²) in [5, 5.41) is 18.0. The van der Waals surface area contributed by atoms with Gasteiger partial charge in [-0.3, -0.25) is 19.3 Å². The smallest absolute Gasteiger partial charge is 0.323 e. The summed E-state index contributed by atoms with van der Waals surface area (Å²) in [6.45, 7) is 3.04. The molecule has 5 aromatic carbocycles. The summed E-state index contributed by atoms with van der Waals surface area (Å²) in [5.41, 5.74) is 7.61. The molecule has 2 amide bonds. The number of allylic oxidation sites excluding steroid dienone is 4. The molecule has 60 heavy (non-hydrogen) atoms. The largest absolute Gasteiger partial charge is 0.480 e. The molecule has 2 saturated heterocycles. The van der Waals surface area contributed by atoms with Crippen LogP contribution >= 0.6 is 48.0 Å². The van der Waals surface area contributed by atoms with Gasteiger partial charge in [-0.15, -0.1) is 0 Å². The Hall–Kier alpha value is -6.55. The van der Waals surface area contributed by atoms with E-state index in [1.54, 1.807) is 24.3 Å². The average Bonchev–Trinajstić information content (AvgIpc) is 3.70. The van der Waals surface area contributed by atoms with Crippen LogP contribution in [0.15, 0.2) is 180 Å². The molecule has 10 nitrogen and oxygen atoms in total. The van der Waals surface area contributed by atoms with E-state index in [1.807, 2.05) is 97.1 Å². The molecule has 0 aromatic heterocycles. The van der Waals surface area contributed by atoms with E-state index in [0.717, 1.165) is 78.6 Å². The number of thiocarbonyl (C=S) groups is 2. The molecular formula is C46H34N4O6S4. The molecule has 2 N–H and O–H groups in total. The van der Waals surface area contributed by atoms with Crippen LogP contribution in [-0.4, -0.2) is 53.1 Å². The maximum atomic E-state index is 12.7. The Morgan fingerprint density at radius 3 is 1.42 bits per heavy atom. The minimum absolute atomic E-state index is 0.221. The lowest BCUT2D eigenvalue weighted by Crippen LogP contribution is -2.33. The number of carboxylic acid groups (broad SMARTS) is 1. The van der Waals surface area contributed by atoms with Gasteiger partial charge in [-0.2, -0.15) is 0 Å². The molecule has 2 aliphatic heterocycles. The summed E-state index contributed by atoms with van der Waals surface area (Å²) >= 11 is 12.6. The molecule has 0 atom stereocenters. The van der Waals surface area contributed by atoms with Gasteiger partial charge in [-0.25, -0.2) is 10.2 Å². The fourth-order valence-corrected chi connectivity index (χ4v) is 8.74. The van der Waals surface area contributed by atoms with E-state index >= 15 is 0 Å². The number of aliphatic carboxylic acids is 1. The van der Waals surface area contributed by atoms with Crippen molar-refractivity contribution in [2.45, 2.75) is 0 Å². The average molecular weight is 867 g/mol. The number of carboxylic acids is 1. The van der Waals surface area contributed by atoms with E-state index in [9.17, 15) is 14.4 Å². The maximum Gasteiger partial charge on any atom is 0.323 e. The molecule has 298 valence electrons. The van der Waals surface area contributed by atoms with Crippen molar-refractivity contribution in [3.63, 3.8) is 0 Å². The van der Waals surface area contributed by atoms with Crippen molar-refractivity contribution in [2.24, 2.45) is 0 Å². The Balaban J connectivity index is 1.11. The van der Waals surface area contributed by atoms with Crippen LogP contribution in [0, 0.1) is 0 Å². The van der Waals surface area contributed by atoms with E-state index in [0.29, 0.717) is 9.81 Å². The summed E-state index contributed by atoms with van der Waals surface area (Å²) in [6.07, 6.45) is 10.6. The number of thioether (sulfide) groups is 2. The number of nitrogens with zero attached hydrogens (tertiary/aromatic N) is 4. The number of carbonyl (C=O) groups excluding carboxylic acids is 2. The molecule has 0 bridgehead atoms. The van der Waals surface area contributed by atoms with E-state index in [2.05, 4.69) is 69.8 Å². The Morgan fingerprint density at radius 1 is 0.617 bits per heavy atom. The predicted octanol–water partition coefficient (Wildman–Crippen LogP) is 11.2. The third-order valence-corrected chi connectivity index (χ3v) is 11.8. The molecule has 7 rings (SSSR count). The van der Waals surface area contributed by atoms with Gasteiger partial charge < -0.3 is 19.8 Å². The monoisotopic (exact) mass is 866 g/mol. The Morgan fingerprint density at radius 2 is 1.00 bits per heavy atom. The number of hydrogen-bond donors (Lipinski definition) is 2. The number of rotatable bonds is 14. The molecule has 0 saturated carbocycles. The molecule has 2 heterocycles. The van der Waals surface area contributed by atoms with Crippen molar-refractivity contribution in [2.75, 3.05) is 16.3 Å². The van der Waals surface area contributed by atoms with Crippen LogP contribution in [0.5, 0.6) is 0 Å². The quantitative estimate of drug-likeness (QED) is 0.0364. The second-order valence-electron chi connectivity index (χ2n) is 13.0. The summed E-state index contributed by atoms with van der Waals surface area (Å²) in [7, 11) is 0. The Labute approximate surface area is 365 Å². The second kappa shape index (κ2) is 19.0. The molecule has 2 aliphatic rings. The highest BCUT2D eigenvalue weighted by Crippen LogP contribution is 2.39. The lowest BCUT2D eigenvalue weighted by Gasteiger charge is -2.28. The van der Waals surface area contributed by atoms with E-state index < -0.39 is 24.3 Å². The summed E-state index contributed by atoms with van der Waals surface area (Å²) in [6, 6.07) is 44.7. The minimum atomic E-state index is -1.12. The van der Waals surface area contributed by atoms with E-state index in [4.69, 9.17) is 34.8 Å². The number of anilines is 6. The normalized spacial score (nSPS) is 15.6. The van der Waals surface area contributed by atoms with Gasteiger partial charge in [0.25, 0.3) is 11.8 Å². The number of amides is 2. The number of benzene rings is 5. The fourth-order valence-electron chi connectivity index (χ4n) is 6.28. The minimum Gasteiger partial charge on any atom is -0.480 e. The van der Waals surface area contributed by atoms with Gasteiger partial charge in [0.2, 0.25) is 5.88 Å². The van der Waals surface area contributed by atoms with E-state index in [-0.39, 0.29) is 14.5 Å². The van der Waals surface area contributed by atoms with Crippen molar-refractivity contribution in [1.82, 2.24) is 9.80 Å². The van der Waals surface area contributed by atoms with Crippen LogP contribution in [0.25, 0.3) is 12.2 Å². The maximum absolute atomic E-state index is 12.7. The van der Waals surface area contributed by atoms with Crippen LogP contribution in [0.4, 0.5) is 34.1 Å². The highest BCUT2D eigenvalue weighted by molar-refractivity contribution is 8.27. The first-order chi connectivity index (χ1) is 29.1. The van der Waals surface area contributed by atoms with Crippen LogP contribution in [0.1, 0.15) is 11.1 Å². The molecule has 0 spiro atoms. The van der Waals surface area contributed by atoms with Crippen molar-refractivity contribution >= 4 is 121 Å². The second-order valence-corrected chi connectivity index (χ2v) is 16.3. The van der Waals surface area contributed by atoms with Gasteiger partial charge in [0.05, 0.1) is 9.81 Å². The van der Waals surface area contributed by atoms with Crippen LogP contribution < -0.4 is 9.80 Å². The number of hydrogen-bond acceptors (Lipinski definition) is 11. The zero-order valence-electron chi connectivity index (χ0n) is 31.5. The third kappa shape index (κ3) is 9.49. The van der Waals surface area contributed by atoms with Gasteiger partial charge in [0.1, 0.15) is 10.9 Å². The molecule has 5 aromatic rings. The zero-order valence-corrected chi connectivity index (χ0v) is 34.8. The fraction of sp³-hybridized carbons (Fsp3) is 0.0217. The standard InChI is InChI=1S/C46H34N4O6S4/c1-31(56-55)48-44(54)41(60-46(48)58)17-9-11-33-20-24-37(25-21-33)50(35-14-6-3-7-15-35)39-28-26-38(27-29-39)49(34-12-4-2-5-13-34)36-22-18-32(19-23-36)10-8-16-40-43(53)47(30-42(51)52)45(57)59-40/h2-29,55H,1,30H2,(H,51,52)/b10-8+,11-9+,40-16-,41-17-. The highest BCUT2D eigenvalue weighted by atomic mass is 32.2. The van der Waals surface area contributed by atoms with Crippen molar-refractivity contribution in [3.8, 4) is 0 Å². The first kappa shape index (κ1) is 41.6. The Bertz CT molecular complexity index is 2580. The highest BCUT2D eigenvalue weighted by Gasteiger charge is 2.35. The first-order valence-electron chi connectivity index (χ1n) is 18.2. The number of para-hydroxylation sites is 2. The van der Waals surface area contributed by atoms with Crippen molar-refractivity contribution in [1.29, 1.82) is 0 Å². The first-order valence-corrected chi connectivity index (χ1v) is 20.7. The topological polar surface area (TPSA) is 114 Å². The zero-order chi connectivity index (χ0) is 42.2. The van der Waals surface area contributed by atoms with Crippen LogP contribution in [0.3, 0.4) is 0 Å². The third-order valence-electron chi connectivity index (χ3n) is 9.09. The predicted molar refractivity (Wildman–Crippen MR) is 249 cm³/mol. The Kier molecular flexibility index (Phi) is 13.2. The van der Waals surface area contributed by atoms with Gasteiger partial charge in [0.15, 0.2) is 4.32 Å². The SMILES string of the molecule is C=C(OO)N1C(=O)/C(=C/C=C/c2ccc(N(c3ccccc3)c3ccc(N(c4ccccc4)c4ccc(/C=C/C=C5\SC(=S)N(CC(=O)O)C5=O)cc4)cc3)cc2)SC1=S. The lowest BCUT2D eigenvalue weighted by molar-refractivity contribution is -0.217. The van der Waals surface area contributed by atoms with E-state index in [1.165, 1.54) is 0 Å². The van der Waals surface area contributed by atoms with Gasteiger partial charge in [-0.1, -0.05) is 133 Å². The molecule has 2 fully saturated rings. The van der Waals surface area contributed by atoms with Gasteiger partial charge in [-0.05, 0) is 103 Å². The molecular weight excluding hydrogens is 833 g/mol. The lowest BCUT2D eigenvalue weighted by atomic mass is 10.1.